The number of hydrogen-bond donors (Lipinski definition) is 1. The smallest absolute Gasteiger partial charge is 0.0882 e. The van der Waals surface area contributed by atoms with E-state index >= 15 is 0 Å². The van der Waals surface area contributed by atoms with Crippen molar-refractivity contribution in [2.24, 2.45) is 5.41 Å². The van der Waals surface area contributed by atoms with Crippen LogP contribution in [0.4, 0.5) is 0 Å². The minimum absolute atomic E-state index is 0.0598. The molecule has 2 fully saturated rings. The Hall–Kier alpha value is -0.590. The van der Waals surface area contributed by atoms with Crippen LogP contribution in [-0.2, 0) is 4.74 Å². The van der Waals surface area contributed by atoms with Gasteiger partial charge in [0.05, 0.1) is 29.3 Å². The molecular formula is C12H19NO2. The van der Waals surface area contributed by atoms with E-state index in [9.17, 15) is 10.4 Å². The van der Waals surface area contributed by atoms with Crippen molar-refractivity contribution in [3.63, 3.8) is 0 Å². The number of hydrogen-bond acceptors (Lipinski definition) is 3. The van der Waals surface area contributed by atoms with E-state index in [-0.39, 0.29) is 12.2 Å². The van der Waals surface area contributed by atoms with Crippen molar-refractivity contribution in [2.75, 3.05) is 0 Å². The van der Waals surface area contributed by atoms with E-state index in [1.54, 1.807) is 0 Å². The predicted molar refractivity (Wildman–Crippen MR) is 56.1 cm³/mol. The summed E-state index contributed by atoms with van der Waals surface area (Å²) in [5.41, 5.74) is -1.31. The standard InChI is InChI=1S/C12H19NO2/c1-9-6-12(14,7-10(2)15-9)11(8-13)4-3-5-11/h9-10,14H,3-7H2,1-2H3. The zero-order valence-electron chi connectivity index (χ0n) is 9.49. The molecule has 2 rings (SSSR count). The minimum Gasteiger partial charge on any atom is -0.388 e. The van der Waals surface area contributed by atoms with Crippen molar-refractivity contribution >= 4 is 0 Å². The van der Waals surface area contributed by atoms with Gasteiger partial charge >= 0.3 is 0 Å². The molecule has 1 aliphatic heterocycles. The van der Waals surface area contributed by atoms with Crippen LogP contribution in [0.25, 0.3) is 0 Å². The molecule has 0 spiro atoms. The first-order chi connectivity index (χ1) is 7.01. The fraction of sp³-hybridized carbons (Fsp3) is 0.917. The zero-order valence-corrected chi connectivity index (χ0v) is 9.49. The molecule has 0 aromatic heterocycles. The maximum atomic E-state index is 10.7. The van der Waals surface area contributed by atoms with E-state index in [2.05, 4.69) is 6.07 Å². The summed E-state index contributed by atoms with van der Waals surface area (Å²) in [6, 6.07) is 2.36. The first kappa shape index (κ1) is 10.9. The lowest BCUT2D eigenvalue weighted by molar-refractivity contribution is -0.189. The summed E-state index contributed by atoms with van der Waals surface area (Å²) < 4.78 is 5.62. The number of nitrogens with zero attached hydrogens (tertiary/aromatic N) is 1. The lowest BCUT2D eigenvalue weighted by Crippen LogP contribution is -2.57. The first-order valence-corrected chi connectivity index (χ1v) is 5.80. The highest BCUT2D eigenvalue weighted by molar-refractivity contribution is 5.17. The Balaban J connectivity index is 2.21. The Morgan fingerprint density at radius 3 is 2.13 bits per heavy atom. The highest BCUT2D eigenvalue weighted by atomic mass is 16.5. The van der Waals surface area contributed by atoms with Crippen LogP contribution in [-0.4, -0.2) is 22.9 Å². The van der Waals surface area contributed by atoms with Crippen LogP contribution in [0.2, 0.25) is 0 Å². The van der Waals surface area contributed by atoms with Gasteiger partial charge in [-0.25, -0.2) is 0 Å². The SMILES string of the molecule is CC1CC(O)(C2(C#N)CCC2)CC(C)O1. The summed E-state index contributed by atoms with van der Waals surface area (Å²) in [4.78, 5) is 0. The molecule has 3 nitrogen and oxygen atoms in total. The molecule has 0 bridgehead atoms. The van der Waals surface area contributed by atoms with Gasteiger partial charge in [0.1, 0.15) is 0 Å². The summed E-state index contributed by atoms with van der Waals surface area (Å²) in [6.07, 6.45) is 4.09. The molecule has 84 valence electrons. The number of ether oxygens (including phenoxy) is 1. The topological polar surface area (TPSA) is 53.2 Å². The molecule has 0 amide bonds. The molecule has 15 heavy (non-hydrogen) atoms. The van der Waals surface area contributed by atoms with Crippen molar-refractivity contribution in [1.29, 1.82) is 5.26 Å². The summed E-state index contributed by atoms with van der Waals surface area (Å²) in [5.74, 6) is 0. The average Bonchev–Trinajstić information content (AvgIpc) is 1.98. The normalized spacial score (nSPS) is 44.1. The Morgan fingerprint density at radius 2 is 1.80 bits per heavy atom. The predicted octanol–water partition coefficient (Wildman–Crippen LogP) is 2.00. The molecular weight excluding hydrogens is 190 g/mol. The Kier molecular flexibility index (Phi) is 2.52. The lowest BCUT2D eigenvalue weighted by atomic mass is 9.56. The highest BCUT2D eigenvalue weighted by Crippen LogP contribution is 2.54. The van der Waals surface area contributed by atoms with Crippen molar-refractivity contribution in [2.45, 2.75) is 63.8 Å². The van der Waals surface area contributed by atoms with E-state index in [0.717, 1.165) is 19.3 Å². The van der Waals surface area contributed by atoms with Crippen LogP contribution in [0.3, 0.4) is 0 Å². The third-order valence-electron chi connectivity index (χ3n) is 4.03. The maximum Gasteiger partial charge on any atom is 0.0882 e. The van der Waals surface area contributed by atoms with E-state index in [1.807, 2.05) is 13.8 Å². The quantitative estimate of drug-likeness (QED) is 0.718. The van der Waals surface area contributed by atoms with Gasteiger partial charge in [0, 0.05) is 12.8 Å². The van der Waals surface area contributed by atoms with E-state index < -0.39 is 11.0 Å². The van der Waals surface area contributed by atoms with Crippen LogP contribution < -0.4 is 0 Å². The highest BCUT2D eigenvalue weighted by Gasteiger charge is 2.57. The van der Waals surface area contributed by atoms with Gasteiger partial charge in [-0.3, -0.25) is 0 Å². The monoisotopic (exact) mass is 209 g/mol. The molecule has 1 aliphatic carbocycles. The second-order valence-electron chi connectivity index (χ2n) is 5.24. The molecule has 1 heterocycles. The van der Waals surface area contributed by atoms with Crippen molar-refractivity contribution < 1.29 is 9.84 Å². The fourth-order valence-electron chi connectivity index (χ4n) is 3.13. The van der Waals surface area contributed by atoms with Gasteiger partial charge in [0.15, 0.2) is 0 Å². The molecule has 1 saturated carbocycles. The number of rotatable bonds is 1. The molecule has 2 atom stereocenters. The molecule has 1 N–H and O–H groups in total. The fourth-order valence-corrected chi connectivity index (χ4v) is 3.13. The number of nitriles is 1. The molecule has 0 aromatic rings. The molecule has 1 saturated heterocycles. The van der Waals surface area contributed by atoms with Gasteiger partial charge in [-0.1, -0.05) is 6.42 Å². The summed E-state index contributed by atoms with van der Waals surface area (Å²) in [7, 11) is 0. The largest absolute Gasteiger partial charge is 0.388 e. The zero-order chi connectivity index (χ0) is 11.1. The third-order valence-corrected chi connectivity index (χ3v) is 4.03. The summed E-state index contributed by atoms with van der Waals surface area (Å²) in [6.45, 7) is 3.95. The van der Waals surface area contributed by atoms with Gasteiger partial charge in [-0.05, 0) is 26.7 Å². The number of aliphatic hydroxyl groups is 1. The molecule has 0 aromatic carbocycles. The van der Waals surface area contributed by atoms with Gasteiger partial charge in [-0.15, -0.1) is 0 Å². The second kappa shape index (κ2) is 3.47. The molecule has 3 heteroatoms. The van der Waals surface area contributed by atoms with Crippen LogP contribution in [0.5, 0.6) is 0 Å². The first-order valence-electron chi connectivity index (χ1n) is 5.80. The van der Waals surface area contributed by atoms with Gasteiger partial charge in [0.25, 0.3) is 0 Å². The van der Waals surface area contributed by atoms with Gasteiger partial charge in [-0.2, -0.15) is 5.26 Å². The Morgan fingerprint density at radius 1 is 1.27 bits per heavy atom. The second-order valence-corrected chi connectivity index (χ2v) is 5.24. The lowest BCUT2D eigenvalue weighted by Gasteiger charge is -2.52. The van der Waals surface area contributed by atoms with Gasteiger partial charge in [0.2, 0.25) is 0 Å². The summed E-state index contributed by atoms with van der Waals surface area (Å²) >= 11 is 0. The van der Waals surface area contributed by atoms with Crippen LogP contribution in [0, 0.1) is 16.7 Å². The third kappa shape index (κ3) is 1.56. The van der Waals surface area contributed by atoms with E-state index in [0.29, 0.717) is 12.8 Å². The van der Waals surface area contributed by atoms with Crippen molar-refractivity contribution in [3.8, 4) is 6.07 Å². The van der Waals surface area contributed by atoms with E-state index in [1.165, 1.54) is 0 Å². The molecule has 2 unspecified atom stereocenters. The van der Waals surface area contributed by atoms with Crippen LogP contribution in [0.15, 0.2) is 0 Å². The molecule has 2 aliphatic rings. The Bertz CT molecular complexity index is 280. The summed E-state index contributed by atoms with van der Waals surface area (Å²) in [5, 5.41) is 20.0. The average molecular weight is 209 g/mol. The van der Waals surface area contributed by atoms with Crippen LogP contribution in [0.1, 0.15) is 46.0 Å². The molecule has 0 radical (unpaired) electrons. The van der Waals surface area contributed by atoms with Crippen molar-refractivity contribution in [1.82, 2.24) is 0 Å². The van der Waals surface area contributed by atoms with Crippen molar-refractivity contribution in [3.05, 3.63) is 0 Å². The van der Waals surface area contributed by atoms with Crippen LogP contribution >= 0.6 is 0 Å². The Labute approximate surface area is 91.0 Å². The van der Waals surface area contributed by atoms with Gasteiger partial charge < -0.3 is 9.84 Å². The minimum atomic E-state index is -0.822. The maximum absolute atomic E-state index is 10.7. The van der Waals surface area contributed by atoms with E-state index in [4.69, 9.17) is 4.74 Å².